The summed E-state index contributed by atoms with van der Waals surface area (Å²) in [4.78, 5) is 18.1. The average Bonchev–Trinajstić information content (AvgIpc) is 3.49. The van der Waals surface area contributed by atoms with E-state index in [9.17, 15) is 4.79 Å². The molecule has 5 rings (SSSR count). The van der Waals surface area contributed by atoms with Crippen molar-refractivity contribution < 1.29 is 4.74 Å². The molecule has 4 aromatic rings. The highest BCUT2D eigenvalue weighted by Crippen LogP contribution is 2.21. The molecule has 8 nitrogen and oxygen atoms in total. The first-order chi connectivity index (χ1) is 16.5. The number of aryl methyl sites for hydroxylation is 1. The van der Waals surface area contributed by atoms with E-state index < -0.39 is 0 Å². The minimum absolute atomic E-state index is 0.0977. The Bertz CT molecular complexity index is 1340. The number of aromatic nitrogens is 5. The average molecular weight is 479 g/mol. The number of hydrogen-bond acceptors (Lipinski definition) is 6. The number of fused-ring (bicyclic) bond motifs is 1. The minimum atomic E-state index is -0.0977. The van der Waals surface area contributed by atoms with Gasteiger partial charge in [0.05, 0.1) is 19.2 Å². The molecule has 1 saturated heterocycles. The quantitative estimate of drug-likeness (QED) is 0.413. The largest absolute Gasteiger partial charge is 0.376 e. The summed E-state index contributed by atoms with van der Waals surface area (Å²) in [6.07, 6.45) is 2.20. The molecule has 1 fully saturated rings. The summed E-state index contributed by atoms with van der Waals surface area (Å²) in [5.41, 5.74) is 3.54. The molecule has 2 aromatic carbocycles. The molecule has 0 unspecified atom stereocenters. The van der Waals surface area contributed by atoms with Crippen molar-refractivity contribution in [3.8, 4) is 0 Å². The first-order valence-corrected chi connectivity index (χ1v) is 11.9. The molecular formula is C25H27ClN6O2. The van der Waals surface area contributed by atoms with Gasteiger partial charge in [-0.2, -0.15) is 0 Å². The summed E-state index contributed by atoms with van der Waals surface area (Å²) in [5.74, 6) is 0.732. The smallest absolute Gasteiger partial charge is 0.252 e. The molecule has 0 saturated carbocycles. The Balaban J connectivity index is 1.44. The van der Waals surface area contributed by atoms with E-state index in [2.05, 4.69) is 31.5 Å². The Kier molecular flexibility index (Phi) is 6.71. The number of rotatable bonds is 8. The lowest BCUT2D eigenvalue weighted by molar-refractivity contribution is 0.0914. The molecule has 1 N–H and O–H groups in total. The second-order valence-corrected chi connectivity index (χ2v) is 9.27. The van der Waals surface area contributed by atoms with Crippen molar-refractivity contribution in [3.05, 3.63) is 86.4 Å². The monoisotopic (exact) mass is 478 g/mol. The molecule has 34 heavy (non-hydrogen) atoms. The van der Waals surface area contributed by atoms with Gasteiger partial charge in [-0.3, -0.25) is 9.69 Å². The predicted molar refractivity (Wildman–Crippen MR) is 130 cm³/mol. The minimum Gasteiger partial charge on any atom is -0.376 e. The van der Waals surface area contributed by atoms with Gasteiger partial charge in [-0.05, 0) is 65.4 Å². The van der Waals surface area contributed by atoms with Gasteiger partial charge in [0.1, 0.15) is 0 Å². The van der Waals surface area contributed by atoms with Crippen LogP contribution < -0.4 is 5.56 Å². The summed E-state index contributed by atoms with van der Waals surface area (Å²) in [6, 6.07) is 15.7. The van der Waals surface area contributed by atoms with Crippen LogP contribution in [0.5, 0.6) is 0 Å². The van der Waals surface area contributed by atoms with Gasteiger partial charge in [-0.25, -0.2) is 4.68 Å². The molecule has 0 aliphatic carbocycles. The standard InChI is InChI=1S/C25H27ClN6O2/c1-17-8-9-23-19(11-17)12-20(25(33)27-23)14-31(13-18-5-2-3-7-22(18)26)16-24-28-29-30-32(24)15-21-6-4-10-34-21/h2-3,5,7-9,11-12,21H,4,6,10,13-16H2,1H3,(H,27,33)/t21-/m1/s1. The van der Waals surface area contributed by atoms with Crippen molar-refractivity contribution in [2.75, 3.05) is 6.61 Å². The number of hydrogen-bond donors (Lipinski definition) is 1. The number of aromatic amines is 1. The summed E-state index contributed by atoms with van der Waals surface area (Å²) < 4.78 is 7.58. The first-order valence-electron chi connectivity index (χ1n) is 11.5. The zero-order valence-electron chi connectivity index (χ0n) is 19.1. The van der Waals surface area contributed by atoms with Crippen LogP contribution in [0.15, 0.2) is 53.3 Å². The van der Waals surface area contributed by atoms with E-state index in [0.717, 1.165) is 47.3 Å². The van der Waals surface area contributed by atoms with Gasteiger partial charge in [-0.1, -0.05) is 41.4 Å². The molecule has 3 heterocycles. The maximum Gasteiger partial charge on any atom is 0.252 e. The fourth-order valence-electron chi connectivity index (χ4n) is 4.42. The topological polar surface area (TPSA) is 88.9 Å². The number of H-pyrrole nitrogens is 1. The van der Waals surface area contributed by atoms with Gasteiger partial charge in [0.25, 0.3) is 5.56 Å². The summed E-state index contributed by atoms with van der Waals surface area (Å²) in [5, 5.41) is 14.1. The third-order valence-electron chi connectivity index (χ3n) is 6.19. The highest BCUT2D eigenvalue weighted by Gasteiger charge is 2.21. The molecule has 1 atom stereocenters. The van der Waals surface area contributed by atoms with Gasteiger partial charge < -0.3 is 9.72 Å². The van der Waals surface area contributed by atoms with E-state index >= 15 is 0 Å². The van der Waals surface area contributed by atoms with Crippen LogP contribution in [0.2, 0.25) is 5.02 Å². The summed E-state index contributed by atoms with van der Waals surface area (Å²) in [7, 11) is 0. The van der Waals surface area contributed by atoms with E-state index in [1.165, 1.54) is 0 Å². The van der Waals surface area contributed by atoms with Gasteiger partial charge in [0, 0.05) is 35.8 Å². The van der Waals surface area contributed by atoms with Crippen LogP contribution in [0.1, 0.15) is 35.4 Å². The SMILES string of the molecule is Cc1ccc2[nH]c(=O)c(CN(Cc3ccccc3Cl)Cc3nnnn3C[C@H]3CCCO3)cc2c1. The Labute approximate surface area is 202 Å². The van der Waals surface area contributed by atoms with Crippen LogP contribution in [-0.4, -0.2) is 42.8 Å². The second-order valence-electron chi connectivity index (χ2n) is 8.86. The lowest BCUT2D eigenvalue weighted by atomic mass is 10.1. The number of nitrogens with one attached hydrogen (secondary N) is 1. The van der Waals surface area contributed by atoms with Gasteiger partial charge in [-0.15, -0.1) is 5.10 Å². The molecule has 176 valence electrons. The second kappa shape index (κ2) is 10.0. The summed E-state index contributed by atoms with van der Waals surface area (Å²) >= 11 is 6.47. The molecule has 0 bridgehead atoms. The molecule has 0 amide bonds. The van der Waals surface area contributed by atoms with Crippen LogP contribution in [0.4, 0.5) is 0 Å². The fraction of sp³-hybridized carbons (Fsp3) is 0.360. The van der Waals surface area contributed by atoms with Gasteiger partial charge in [0.2, 0.25) is 0 Å². The maximum absolute atomic E-state index is 12.9. The van der Waals surface area contributed by atoms with Crippen molar-refractivity contribution in [3.63, 3.8) is 0 Å². The molecule has 0 radical (unpaired) electrons. The number of benzene rings is 2. The van der Waals surface area contributed by atoms with Gasteiger partial charge in [0.15, 0.2) is 5.82 Å². The Hall–Kier alpha value is -3.07. The molecular weight excluding hydrogens is 452 g/mol. The third-order valence-corrected chi connectivity index (χ3v) is 6.56. The van der Waals surface area contributed by atoms with Gasteiger partial charge >= 0.3 is 0 Å². The highest BCUT2D eigenvalue weighted by atomic mass is 35.5. The zero-order valence-corrected chi connectivity index (χ0v) is 19.8. The number of nitrogens with zero attached hydrogens (tertiary/aromatic N) is 5. The Morgan fingerprint density at radius 3 is 2.82 bits per heavy atom. The van der Waals surface area contributed by atoms with Crippen molar-refractivity contribution in [1.29, 1.82) is 0 Å². The van der Waals surface area contributed by atoms with Crippen molar-refractivity contribution >= 4 is 22.5 Å². The van der Waals surface area contributed by atoms with Crippen LogP contribution >= 0.6 is 11.6 Å². The van der Waals surface area contributed by atoms with Crippen LogP contribution in [0.3, 0.4) is 0 Å². The molecule has 2 aromatic heterocycles. The third kappa shape index (κ3) is 5.19. The van der Waals surface area contributed by atoms with E-state index in [4.69, 9.17) is 16.3 Å². The maximum atomic E-state index is 12.9. The molecule has 9 heteroatoms. The van der Waals surface area contributed by atoms with Crippen molar-refractivity contribution in [2.24, 2.45) is 0 Å². The van der Waals surface area contributed by atoms with Crippen LogP contribution in [0, 0.1) is 6.92 Å². The molecule has 1 aliphatic rings. The Morgan fingerprint density at radius 1 is 1.15 bits per heavy atom. The fourth-order valence-corrected chi connectivity index (χ4v) is 4.62. The van der Waals surface area contributed by atoms with Crippen molar-refractivity contribution in [2.45, 2.75) is 52.0 Å². The normalized spacial score (nSPS) is 16.0. The van der Waals surface area contributed by atoms with E-state index in [1.54, 1.807) is 0 Å². The lowest BCUT2D eigenvalue weighted by Gasteiger charge is -2.23. The zero-order chi connectivity index (χ0) is 23.5. The van der Waals surface area contributed by atoms with Crippen LogP contribution in [0.25, 0.3) is 10.9 Å². The van der Waals surface area contributed by atoms with E-state index in [0.29, 0.717) is 36.8 Å². The predicted octanol–water partition coefficient (Wildman–Crippen LogP) is 3.86. The first kappa shape index (κ1) is 22.7. The highest BCUT2D eigenvalue weighted by molar-refractivity contribution is 6.31. The number of pyridine rings is 1. The number of halogens is 1. The van der Waals surface area contributed by atoms with Crippen molar-refractivity contribution in [1.82, 2.24) is 30.1 Å². The number of ether oxygens (including phenoxy) is 1. The van der Waals surface area contributed by atoms with Crippen LogP contribution in [-0.2, 0) is 30.9 Å². The lowest BCUT2D eigenvalue weighted by Crippen LogP contribution is -2.29. The van der Waals surface area contributed by atoms with E-state index in [1.807, 2.05) is 54.1 Å². The Morgan fingerprint density at radius 2 is 2.00 bits per heavy atom. The molecule has 1 aliphatic heterocycles. The summed E-state index contributed by atoms with van der Waals surface area (Å²) in [6.45, 7) is 4.90. The molecule has 0 spiro atoms. The van der Waals surface area contributed by atoms with E-state index in [-0.39, 0.29) is 11.7 Å². The number of tetrazole rings is 1.